The Hall–Kier alpha value is -2.47. The van der Waals surface area contributed by atoms with E-state index in [0.29, 0.717) is 25.0 Å². The molecule has 2 aromatic heterocycles. The van der Waals surface area contributed by atoms with Gasteiger partial charge in [-0.1, -0.05) is 0 Å². The van der Waals surface area contributed by atoms with E-state index < -0.39 is 0 Å². The molecule has 0 aliphatic heterocycles. The molecule has 0 saturated heterocycles. The van der Waals surface area contributed by atoms with Crippen molar-refractivity contribution >= 4 is 5.91 Å². The number of pyridine rings is 2. The second-order valence-electron chi connectivity index (χ2n) is 6.12. The Bertz CT molecular complexity index is 687. The fourth-order valence-electron chi connectivity index (χ4n) is 3.00. The molecule has 1 aliphatic rings. The van der Waals surface area contributed by atoms with Crippen molar-refractivity contribution in [2.24, 2.45) is 5.92 Å². The van der Waals surface area contributed by atoms with Gasteiger partial charge in [0.05, 0.1) is 31.9 Å². The number of nitrogens with one attached hydrogen (secondary N) is 1. The first-order valence-electron chi connectivity index (χ1n) is 8.01. The lowest BCUT2D eigenvalue weighted by Gasteiger charge is -2.38. The second kappa shape index (κ2) is 7.40. The first kappa shape index (κ1) is 16.4. The summed E-state index contributed by atoms with van der Waals surface area (Å²) in [6.07, 6.45) is 8.09. The molecular formula is C18H21N3O3. The van der Waals surface area contributed by atoms with E-state index in [1.807, 2.05) is 18.2 Å². The van der Waals surface area contributed by atoms with Crippen LogP contribution in [0.3, 0.4) is 0 Å². The Morgan fingerprint density at radius 2 is 2.08 bits per heavy atom. The Morgan fingerprint density at radius 3 is 2.75 bits per heavy atom. The van der Waals surface area contributed by atoms with Crippen LogP contribution < -0.4 is 10.1 Å². The zero-order valence-corrected chi connectivity index (χ0v) is 13.6. The van der Waals surface area contributed by atoms with Gasteiger partial charge in [-0.2, -0.15) is 0 Å². The average molecular weight is 327 g/mol. The maximum absolute atomic E-state index is 12.4. The molecule has 126 valence electrons. The molecular weight excluding hydrogens is 306 g/mol. The largest absolute Gasteiger partial charge is 0.495 e. The Balaban J connectivity index is 1.73. The molecule has 1 fully saturated rings. The highest BCUT2D eigenvalue weighted by Gasteiger charge is 2.36. The highest BCUT2D eigenvalue weighted by molar-refractivity contribution is 5.79. The van der Waals surface area contributed by atoms with Crippen LogP contribution in [-0.2, 0) is 11.2 Å². The number of aromatic nitrogens is 2. The molecule has 6 nitrogen and oxygen atoms in total. The minimum Gasteiger partial charge on any atom is -0.495 e. The maximum atomic E-state index is 12.4. The molecule has 6 heteroatoms. The third-order valence-corrected chi connectivity index (χ3v) is 4.38. The van der Waals surface area contributed by atoms with Crippen molar-refractivity contribution in [3.8, 4) is 5.75 Å². The van der Waals surface area contributed by atoms with E-state index in [4.69, 9.17) is 4.74 Å². The second-order valence-corrected chi connectivity index (χ2v) is 6.12. The van der Waals surface area contributed by atoms with Gasteiger partial charge in [0.25, 0.3) is 0 Å². The molecule has 2 heterocycles. The third-order valence-electron chi connectivity index (χ3n) is 4.38. The average Bonchev–Trinajstić information content (AvgIpc) is 2.58. The number of hydrogen-bond acceptors (Lipinski definition) is 5. The van der Waals surface area contributed by atoms with E-state index >= 15 is 0 Å². The fraction of sp³-hybridized carbons (Fsp3) is 0.389. The molecule has 0 radical (unpaired) electrons. The van der Waals surface area contributed by atoms with Crippen molar-refractivity contribution in [3.05, 3.63) is 54.1 Å². The summed E-state index contributed by atoms with van der Waals surface area (Å²) in [5.74, 6) is 0.798. The molecule has 1 saturated carbocycles. The van der Waals surface area contributed by atoms with Gasteiger partial charge in [0.1, 0.15) is 5.75 Å². The number of carbonyl (C=O) groups is 1. The number of methoxy groups -OCH3 is 1. The summed E-state index contributed by atoms with van der Waals surface area (Å²) in [6.45, 7) is 0. The van der Waals surface area contributed by atoms with Crippen molar-refractivity contribution in [1.29, 1.82) is 0 Å². The molecule has 1 amide bonds. The van der Waals surface area contributed by atoms with Crippen LogP contribution in [0.25, 0.3) is 0 Å². The summed E-state index contributed by atoms with van der Waals surface area (Å²) in [6, 6.07) is 5.36. The predicted octanol–water partition coefficient (Wildman–Crippen LogP) is 1.66. The number of aliphatic hydroxyl groups excluding tert-OH is 1. The number of ether oxygens (including phenoxy) is 1. The van der Waals surface area contributed by atoms with Crippen LogP contribution >= 0.6 is 0 Å². The zero-order valence-electron chi connectivity index (χ0n) is 13.6. The lowest BCUT2D eigenvalue weighted by atomic mass is 9.75. The van der Waals surface area contributed by atoms with Crippen LogP contribution in [0.1, 0.15) is 30.0 Å². The summed E-state index contributed by atoms with van der Waals surface area (Å²) in [7, 11) is 1.59. The molecule has 0 aromatic carbocycles. The van der Waals surface area contributed by atoms with E-state index in [1.165, 1.54) is 0 Å². The number of carbonyl (C=O) groups excluding carboxylic acids is 1. The standard InChI is InChI=1S/C18H21N3O3/c1-24-16-9-14(10-20-11-16)18(13-7-15(22)8-13)21-17(23)6-12-2-4-19-5-3-12/h2-5,9-11,13,15,18,22H,6-8H2,1H3,(H,21,23)/t13?,15?,18-/m0/s1. The van der Waals surface area contributed by atoms with Gasteiger partial charge in [0, 0.05) is 18.6 Å². The first-order chi connectivity index (χ1) is 11.7. The smallest absolute Gasteiger partial charge is 0.224 e. The van der Waals surface area contributed by atoms with E-state index in [0.717, 1.165) is 11.1 Å². The minimum absolute atomic E-state index is 0.0598. The molecule has 2 N–H and O–H groups in total. The minimum atomic E-state index is -0.284. The third kappa shape index (κ3) is 3.89. The lowest BCUT2D eigenvalue weighted by molar-refractivity contribution is -0.122. The van der Waals surface area contributed by atoms with Gasteiger partial charge in [-0.25, -0.2) is 0 Å². The molecule has 1 aliphatic carbocycles. The number of rotatable bonds is 6. The van der Waals surface area contributed by atoms with Crippen molar-refractivity contribution in [3.63, 3.8) is 0 Å². The van der Waals surface area contributed by atoms with Crippen molar-refractivity contribution in [1.82, 2.24) is 15.3 Å². The van der Waals surface area contributed by atoms with Gasteiger partial charge in [-0.3, -0.25) is 14.8 Å². The number of amides is 1. The highest BCUT2D eigenvalue weighted by atomic mass is 16.5. The fourth-order valence-corrected chi connectivity index (χ4v) is 3.00. The molecule has 0 bridgehead atoms. The van der Waals surface area contributed by atoms with Crippen LogP contribution in [0.2, 0.25) is 0 Å². The van der Waals surface area contributed by atoms with Crippen LogP contribution in [-0.4, -0.2) is 34.2 Å². The number of hydrogen-bond donors (Lipinski definition) is 2. The molecule has 3 rings (SSSR count). The maximum Gasteiger partial charge on any atom is 0.224 e. The topological polar surface area (TPSA) is 84.3 Å². The van der Waals surface area contributed by atoms with E-state index in [9.17, 15) is 9.90 Å². The van der Waals surface area contributed by atoms with Gasteiger partial charge in [-0.05, 0) is 48.1 Å². The van der Waals surface area contributed by atoms with Crippen LogP contribution in [0.4, 0.5) is 0 Å². The monoisotopic (exact) mass is 327 g/mol. The summed E-state index contributed by atoms with van der Waals surface area (Å²) >= 11 is 0. The quantitative estimate of drug-likeness (QED) is 0.843. The molecule has 1 atom stereocenters. The van der Waals surface area contributed by atoms with Crippen molar-refractivity contribution in [2.75, 3.05) is 7.11 Å². The highest BCUT2D eigenvalue weighted by Crippen LogP contribution is 2.38. The summed E-state index contributed by atoms with van der Waals surface area (Å²) in [5.41, 5.74) is 1.81. The van der Waals surface area contributed by atoms with E-state index in [2.05, 4.69) is 15.3 Å². The van der Waals surface area contributed by atoms with Crippen molar-refractivity contribution < 1.29 is 14.6 Å². The van der Waals surface area contributed by atoms with Gasteiger partial charge in [0.15, 0.2) is 0 Å². The van der Waals surface area contributed by atoms with Crippen molar-refractivity contribution in [2.45, 2.75) is 31.4 Å². The molecule has 2 aromatic rings. The van der Waals surface area contributed by atoms with Crippen LogP contribution in [0.5, 0.6) is 5.75 Å². The summed E-state index contributed by atoms with van der Waals surface area (Å²) in [5, 5.41) is 12.7. The first-order valence-corrected chi connectivity index (χ1v) is 8.01. The summed E-state index contributed by atoms with van der Waals surface area (Å²) < 4.78 is 5.23. The zero-order chi connectivity index (χ0) is 16.9. The van der Waals surface area contributed by atoms with Gasteiger partial charge in [0.2, 0.25) is 5.91 Å². The van der Waals surface area contributed by atoms with E-state index in [-0.39, 0.29) is 24.0 Å². The number of nitrogens with zero attached hydrogens (tertiary/aromatic N) is 2. The summed E-state index contributed by atoms with van der Waals surface area (Å²) in [4.78, 5) is 20.6. The number of aliphatic hydroxyl groups is 1. The van der Waals surface area contributed by atoms with Gasteiger partial charge >= 0.3 is 0 Å². The van der Waals surface area contributed by atoms with Crippen LogP contribution in [0, 0.1) is 5.92 Å². The Labute approximate surface area is 140 Å². The lowest BCUT2D eigenvalue weighted by Crippen LogP contribution is -2.41. The predicted molar refractivity (Wildman–Crippen MR) is 88.3 cm³/mol. The normalized spacial score (nSPS) is 20.8. The Morgan fingerprint density at radius 1 is 1.33 bits per heavy atom. The Kier molecular flexibility index (Phi) is 5.05. The van der Waals surface area contributed by atoms with Gasteiger partial charge in [-0.15, -0.1) is 0 Å². The molecule has 24 heavy (non-hydrogen) atoms. The van der Waals surface area contributed by atoms with E-state index in [1.54, 1.807) is 31.9 Å². The van der Waals surface area contributed by atoms with Gasteiger partial charge < -0.3 is 15.2 Å². The van der Waals surface area contributed by atoms with Crippen LogP contribution in [0.15, 0.2) is 43.0 Å². The SMILES string of the molecule is COc1cncc([C@@H](NC(=O)Cc2ccncc2)C2CC(O)C2)c1. The molecule has 0 spiro atoms. The molecule has 0 unspecified atom stereocenters.